The zero-order valence-electron chi connectivity index (χ0n) is 11.6. The molecular formula is C16H11FN2O3. The van der Waals surface area contributed by atoms with Gasteiger partial charge < -0.3 is 9.15 Å². The van der Waals surface area contributed by atoms with Crippen LogP contribution in [0.3, 0.4) is 0 Å². The van der Waals surface area contributed by atoms with E-state index in [2.05, 4.69) is 14.9 Å². The standard InChI is InChI=1S/C16H11FN2O3/c1-21-16(20)11-6-4-5-10(9-11)14-18-19-15(22-14)12-7-2-3-8-13(12)17/h2-9H,1H3. The molecule has 6 heteroatoms. The molecule has 1 aromatic heterocycles. The van der Waals surface area contributed by atoms with Crippen LogP contribution in [-0.4, -0.2) is 23.3 Å². The summed E-state index contributed by atoms with van der Waals surface area (Å²) in [6.07, 6.45) is 0. The molecule has 0 aliphatic heterocycles. The van der Waals surface area contributed by atoms with E-state index in [1.807, 2.05) is 0 Å². The van der Waals surface area contributed by atoms with Gasteiger partial charge in [0.05, 0.1) is 18.2 Å². The van der Waals surface area contributed by atoms with Gasteiger partial charge in [-0.25, -0.2) is 9.18 Å². The second-order valence-electron chi connectivity index (χ2n) is 4.46. The van der Waals surface area contributed by atoms with E-state index in [1.165, 1.54) is 13.2 Å². The Hall–Kier alpha value is -3.02. The van der Waals surface area contributed by atoms with Crippen LogP contribution < -0.4 is 0 Å². The van der Waals surface area contributed by atoms with Crippen molar-refractivity contribution in [2.75, 3.05) is 7.11 Å². The third-order valence-corrected chi connectivity index (χ3v) is 3.06. The third kappa shape index (κ3) is 2.58. The van der Waals surface area contributed by atoms with Gasteiger partial charge in [-0.2, -0.15) is 0 Å². The molecular weight excluding hydrogens is 287 g/mol. The number of carbonyl (C=O) groups is 1. The topological polar surface area (TPSA) is 65.2 Å². The quantitative estimate of drug-likeness (QED) is 0.694. The van der Waals surface area contributed by atoms with Gasteiger partial charge in [-0.15, -0.1) is 10.2 Å². The summed E-state index contributed by atoms with van der Waals surface area (Å²) in [5, 5.41) is 7.74. The van der Waals surface area contributed by atoms with Crippen LogP contribution in [0.15, 0.2) is 52.9 Å². The van der Waals surface area contributed by atoms with Gasteiger partial charge in [0.1, 0.15) is 5.82 Å². The lowest BCUT2D eigenvalue weighted by atomic mass is 10.1. The van der Waals surface area contributed by atoms with E-state index in [1.54, 1.807) is 42.5 Å². The summed E-state index contributed by atoms with van der Waals surface area (Å²) in [5.74, 6) is -0.628. The van der Waals surface area contributed by atoms with E-state index in [4.69, 9.17) is 4.42 Å². The molecule has 0 bridgehead atoms. The number of benzene rings is 2. The Morgan fingerprint density at radius 2 is 1.86 bits per heavy atom. The van der Waals surface area contributed by atoms with Crippen molar-refractivity contribution in [3.05, 3.63) is 59.9 Å². The number of halogens is 1. The summed E-state index contributed by atoms with van der Waals surface area (Å²) in [6, 6.07) is 12.7. The molecule has 0 saturated carbocycles. The minimum Gasteiger partial charge on any atom is -0.465 e. The van der Waals surface area contributed by atoms with Gasteiger partial charge in [-0.1, -0.05) is 18.2 Å². The number of aromatic nitrogens is 2. The van der Waals surface area contributed by atoms with Crippen LogP contribution in [-0.2, 0) is 4.74 Å². The Labute approximate surface area is 125 Å². The van der Waals surface area contributed by atoms with Crippen molar-refractivity contribution in [3.8, 4) is 22.9 Å². The first-order valence-corrected chi connectivity index (χ1v) is 6.46. The van der Waals surface area contributed by atoms with Crippen molar-refractivity contribution in [1.29, 1.82) is 0 Å². The van der Waals surface area contributed by atoms with E-state index in [0.29, 0.717) is 11.1 Å². The Kier molecular flexibility index (Phi) is 3.65. The van der Waals surface area contributed by atoms with Gasteiger partial charge in [0.15, 0.2) is 0 Å². The number of rotatable bonds is 3. The van der Waals surface area contributed by atoms with E-state index in [9.17, 15) is 9.18 Å². The minimum absolute atomic E-state index is 0.0802. The zero-order valence-corrected chi connectivity index (χ0v) is 11.6. The molecule has 0 saturated heterocycles. The largest absolute Gasteiger partial charge is 0.465 e. The van der Waals surface area contributed by atoms with Crippen LogP contribution in [0.4, 0.5) is 4.39 Å². The third-order valence-electron chi connectivity index (χ3n) is 3.06. The minimum atomic E-state index is -0.462. The fourth-order valence-corrected chi connectivity index (χ4v) is 1.98. The molecule has 0 spiro atoms. The molecule has 5 nitrogen and oxygen atoms in total. The average molecular weight is 298 g/mol. The molecule has 0 fully saturated rings. The van der Waals surface area contributed by atoms with Crippen molar-refractivity contribution in [2.45, 2.75) is 0 Å². The SMILES string of the molecule is COC(=O)c1cccc(-c2nnc(-c3ccccc3F)o2)c1. The van der Waals surface area contributed by atoms with E-state index >= 15 is 0 Å². The average Bonchev–Trinajstić information content (AvgIpc) is 3.04. The number of methoxy groups -OCH3 is 1. The predicted octanol–water partition coefficient (Wildman–Crippen LogP) is 3.33. The molecule has 3 aromatic rings. The molecule has 0 radical (unpaired) electrons. The first-order valence-electron chi connectivity index (χ1n) is 6.46. The maximum atomic E-state index is 13.7. The summed E-state index contributed by atoms with van der Waals surface area (Å²) < 4.78 is 23.9. The predicted molar refractivity (Wildman–Crippen MR) is 76.5 cm³/mol. The number of esters is 1. The Morgan fingerprint density at radius 3 is 2.64 bits per heavy atom. The molecule has 22 heavy (non-hydrogen) atoms. The van der Waals surface area contributed by atoms with Crippen molar-refractivity contribution in [2.24, 2.45) is 0 Å². The van der Waals surface area contributed by atoms with E-state index in [0.717, 1.165) is 0 Å². The summed E-state index contributed by atoms with van der Waals surface area (Å²) in [5.41, 5.74) is 1.15. The van der Waals surface area contributed by atoms with Gasteiger partial charge in [0.25, 0.3) is 5.89 Å². The van der Waals surface area contributed by atoms with Crippen molar-refractivity contribution >= 4 is 5.97 Å². The Morgan fingerprint density at radius 1 is 1.09 bits per heavy atom. The van der Waals surface area contributed by atoms with Crippen molar-refractivity contribution in [1.82, 2.24) is 10.2 Å². The van der Waals surface area contributed by atoms with Crippen LogP contribution in [0.5, 0.6) is 0 Å². The molecule has 0 N–H and O–H groups in total. The Balaban J connectivity index is 1.98. The van der Waals surface area contributed by atoms with Gasteiger partial charge >= 0.3 is 5.97 Å². The summed E-state index contributed by atoms with van der Waals surface area (Å²) in [7, 11) is 1.30. The summed E-state index contributed by atoms with van der Waals surface area (Å²) in [6.45, 7) is 0. The highest BCUT2D eigenvalue weighted by Crippen LogP contribution is 2.26. The van der Waals surface area contributed by atoms with Crippen LogP contribution in [0.1, 0.15) is 10.4 Å². The molecule has 0 aliphatic carbocycles. The highest BCUT2D eigenvalue weighted by atomic mass is 19.1. The molecule has 2 aromatic carbocycles. The second kappa shape index (κ2) is 5.77. The number of hydrogen-bond donors (Lipinski definition) is 0. The maximum absolute atomic E-state index is 13.7. The van der Waals surface area contributed by atoms with Crippen LogP contribution in [0.2, 0.25) is 0 Å². The lowest BCUT2D eigenvalue weighted by Crippen LogP contribution is -2.00. The number of ether oxygens (including phenoxy) is 1. The molecule has 0 aliphatic rings. The molecule has 3 rings (SSSR count). The molecule has 0 atom stereocenters. The summed E-state index contributed by atoms with van der Waals surface area (Å²) in [4.78, 5) is 11.5. The van der Waals surface area contributed by atoms with E-state index < -0.39 is 11.8 Å². The van der Waals surface area contributed by atoms with Gasteiger partial charge in [-0.05, 0) is 30.3 Å². The first-order chi connectivity index (χ1) is 10.7. The van der Waals surface area contributed by atoms with Crippen molar-refractivity contribution < 1.29 is 18.3 Å². The first kappa shape index (κ1) is 13.9. The lowest BCUT2D eigenvalue weighted by molar-refractivity contribution is 0.0601. The maximum Gasteiger partial charge on any atom is 0.337 e. The molecule has 1 heterocycles. The number of hydrogen-bond acceptors (Lipinski definition) is 5. The van der Waals surface area contributed by atoms with Gasteiger partial charge in [0, 0.05) is 5.56 Å². The fourth-order valence-electron chi connectivity index (χ4n) is 1.98. The highest BCUT2D eigenvalue weighted by molar-refractivity contribution is 5.90. The fraction of sp³-hybridized carbons (Fsp3) is 0.0625. The van der Waals surface area contributed by atoms with Crippen molar-refractivity contribution in [3.63, 3.8) is 0 Å². The van der Waals surface area contributed by atoms with Crippen LogP contribution in [0.25, 0.3) is 22.9 Å². The summed E-state index contributed by atoms with van der Waals surface area (Å²) >= 11 is 0. The van der Waals surface area contributed by atoms with E-state index in [-0.39, 0.29) is 17.3 Å². The van der Waals surface area contributed by atoms with Crippen LogP contribution >= 0.6 is 0 Å². The second-order valence-corrected chi connectivity index (χ2v) is 4.46. The number of nitrogens with zero attached hydrogens (tertiary/aromatic N) is 2. The monoisotopic (exact) mass is 298 g/mol. The Bertz CT molecular complexity index is 830. The smallest absolute Gasteiger partial charge is 0.337 e. The molecule has 110 valence electrons. The highest BCUT2D eigenvalue weighted by Gasteiger charge is 2.15. The van der Waals surface area contributed by atoms with Gasteiger partial charge in [0.2, 0.25) is 5.89 Å². The molecule has 0 amide bonds. The molecule has 0 unspecified atom stereocenters. The zero-order chi connectivity index (χ0) is 15.5. The van der Waals surface area contributed by atoms with Gasteiger partial charge in [-0.3, -0.25) is 0 Å². The van der Waals surface area contributed by atoms with Crippen LogP contribution in [0, 0.1) is 5.82 Å². The number of carbonyl (C=O) groups excluding carboxylic acids is 1. The lowest BCUT2D eigenvalue weighted by Gasteiger charge is -2.00. The normalized spacial score (nSPS) is 10.5.